The number of carboxylic acid groups (broad SMARTS) is 1. The van der Waals surface area contributed by atoms with Crippen molar-refractivity contribution in [2.75, 3.05) is 13.6 Å². The fourth-order valence-electron chi connectivity index (χ4n) is 3.89. The van der Waals surface area contributed by atoms with Gasteiger partial charge in [-0.05, 0) is 38.1 Å². The van der Waals surface area contributed by atoms with E-state index in [-0.39, 0.29) is 36.9 Å². The lowest BCUT2D eigenvalue weighted by Gasteiger charge is -2.35. The molecular formula is C20H28N2O9. The Labute approximate surface area is 179 Å². The standard InChI is InChI=1S/C20H28N2O9/c1-21-7-3-2-4-14(21)20(26)29-11-12-5-6-16(15(8-12)22(27)28)30-18-10-13(23)9-17(31-18)19(24)25/h5-6,8,13-14,17-18,20,23,26H,2-4,7,9-11H2,1H3,(H,24,25). The van der Waals surface area contributed by atoms with Crippen molar-refractivity contribution in [1.29, 1.82) is 0 Å². The van der Waals surface area contributed by atoms with E-state index >= 15 is 0 Å². The van der Waals surface area contributed by atoms with Crippen molar-refractivity contribution in [2.24, 2.45) is 0 Å². The number of carboxylic acids is 1. The van der Waals surface area contributed by atoms with Crippen molar-refractivity contribution in [3.8, 4) is 5.75 Å². The molecule has 2 heterocycles. The van der Waals surface area contributed by atoms with Crippen LogP contribution in [0, 0.1) is 10.1 Å². The van der Waals surface area contributed by atoms with Crippen LogP contribution >= 0.6 is 0 Å². The third kappa shape index (κ3) is 6.11. The Morgan fingerprint density at radius 3 is 2.84 bits per heavy atom. The van der Waals surface area contributed by atoms with Gasteiger partial charge in [0.2, 0.25) is 6.29 Å². The number of hydrogen-bond acceptors (Lipinski definition) is 9. The Hall–Kier alpha value is -2.31. The second kappa shape index (κ2) is 10.3. The number of aliphatic carboxylic acids is 1. The lowest BCUT2D eigenvalue weighted by molar-refractivity contribution is -0.386. The number of carbonyl (C=O) groups is 1. The van der Waals surface area contributed by atoms with Gasteiger partial charge in [0.05, 0.1) is 23.7 Å². The maximum Gasteiger partial charge on any atom is 0.333 e. The Morgan fingerprint density at radius 2 is 2.16 bits per heavy atom. The van der Waals surface area contributed by atoms with Crippen LogP contribution in [-0.4, -0.2) is 75.5 Å². The van der Waals surface area contributed by atoms with Crippen LogP contribution in [0.2, 0.25) is 0 Å². The van der Waals surface area contributed by atoms with E-state index in [1.807, 2.05) is 11.9 Å². The first-order valence-corrected chi connectivity index (χ1v) is 10.2. The maximum absolute atomic E-state index is 11.5. The predicted molar refractivity (Wildman–Crippen MR) is 106 cm³/mol. The van der Waals surface area contributed by atoms with E-state index in [0.717, 1.165) is 25.8 Å². The summed E-state index contributed by atoms with van der Waals surface area (Å²) in [7, 11) is 1.92. The van der Waals surface area contributed by atoms with Gasteiger partial charge in [-0.15, -0.1) is 0 Å². The maximum atomic E-state index is 11.5. The number of likely N-dealkylation sites (tertiary alicyclic amines) is 1. The SMILES string of the molecule is CN1CCCCC1C(O)OCc1ccc(OC2CC(O)CC(C(=O)O)O2)c([N+](=O)[O-])c1. The summed E-state index contributed by atoms with van der Waals surface area (Å²) >= 11 is 0. The number of nitro groups is 1. The van der Waals surface area contributed by atoms with Gasteiger partial charge in [-0.2, -0.15) is 0 Å². The van der Waals surface area contributed by atoms with E-state index < -0.39 is 35.7 Å². The molecule has 3 N–H and O–H groups in total. The summed E-state index contributed by atoms with van der Waals surface area (Å²) in [4.78, 5) is 24.1. The van der Waals surface area contributed by atoms with Crippen LogP contribution in [0.4, 0.5) is 5.69 Å². The molecule has 0 amide bonds. The molecule has 0 spiro atoms. The molecule has 2 saturated heterocycles. The molecular weight excluding hydrogens is 412 g/mol. The number of benzene rings is 1. The minimum atomic E-state index is -1.25. The summed E-state index contributed by atoms with van der Waals surface area (Å²) in [6.07, 6.45) is -1.53. The van der Waals surface area contributed by atoms with Crippen molar-refractivity contribution in [2.45, 2.75) is 69.5 Å². The van der Waals surface area contributed by atoms with Crippen LogP contribution < -0.4 is 4.74 Å². The van der Waals surface area contributed by atoms with Crippen molar-refractivity contribution in [3.05, 3.63) is 33.9 Å². The van der Waals surface area contributed by atoms with Crippen LogP contribution in [0.15, 0.2) is 18.2 Å². The third-order valence-electron chi connectivity index (χ3n) is 5.60. The molecule has 2 aliphatic rings. The molecule has 172 valence electrons. The second-order valence-corrected chi connectivity index (χ2v) is 7.94. The predicted octanol–water partition coefficient (Wildman–Crippen LogP) is 1.24. The van der Waals surface area contributed by atoms with Crippen LogP contribution in [0.3, 0.4) is 0 Å². The molecule has 0 aliphatic carbocycles. The Kier molecular flexibility index (Phi) is 7.79. The molecule has 0 saturated carbocycles. The zero-order valence-corrected chi connectivity index (χ0v) is 17.3. The molecule has 0 bridgehead atoms. The second-order valence-electron chi connectivity index (χ2n) is 7.94. The first kappa shape index (κ1) is 23.4. The van der Waals surface area contributed by atoms with Crippen LogP contribution in [-0.2, 0) is 20.9 Å². The molecule has 3 rings (SSSR count). The highest BCUT2D eigenvalue weighted by atomic mass is 16.7. The van der Waals surface area contributed by atoms with Gasteiger partial charge in [-0.3, -0.25) is 15.0 Å². The molecule has 11 nitrogen and oxygen atoms in total. The van der Waals surface area contributed by atoms with Gasteiger partial charge in [0.1, 0.15) is 0 Å². The highest BCUT2D eigenvalue weighted by molar-refractivity contribution is 5.72. The highest BCUT2D eigenvalue weighted by Gasteiger charge is 2.35. The van der Waals surface area contributed by atoms with Gasteiger partial charge in [-0.1, -0.05) is 12.5 Å². The normalized spacial score (nSPS) is 28.1. The van der Waals surface area contributed by atoms with E-state index in [1.54, 1.807) is 6.07 Å². The zero-order valence-electron chi connectivity index (χ0n) is 17.3. The van der Waals surface area contributed by atoms with Crippen molar-refractivity contribution in [1.82, 2.24) is 4.90 Å². The number of hydrogen-bond donors (Lipinski definition) is 3. The van der Waals surface area contributed by atoms with Crippen LogP contribution in [0.5, 0.6) is 5.75 Å². The van der Waals surface area contributed by atoms with E-state index in [1.165, 1.54) is 12.1 Å². The fraction of sp³-hybridized carbons (Fsp3) is 0.650. The van der Waals surface area contributed by atoms with Crippen LogP contribution in [0.25, 0.3) is 0 Å². The Morgan fingerprint density at radius 1 is 1.39 bits per heavy atom. The fourth-order valence-corrected chi connectivity index (χ4v) is 3.89. The number of aliphatic hydroxyl groups excluding tert-OH is 2. The average Bonchev–Trinajstić information content (AvgIpc) is 2.72. The number of nitrogens with zero attached hydrogens (tertiary/aromatic N) is 2. The minimum absolute atomic E-state index is 0.00705. The summed E-state index contributed by atoms with van der Waals surface area (Å²) in [6, 6.07) is 4.09. The summed E-state index contributed by atoms with van der Waals surface area (Å²) < 4.78 is 16.3. The first-order valence-electron chi connectivity index (χ1n) is 10.2. The summed E-state index contributed by atoms with van der Waals surface area (Å²) in [5.41, 5.74) is 0.130. The molecule has 11 heteroatoms. The first-order chi connectivity index (χ1) is 14.7. The molecule has 0 radical (unpaired) electrons. The molecule has 2 fully saturated rings. The average molecular weight is 440 g/mol. The molecule has 1 aromatic carbocycles. The summed E-state index contributed by atoms with van der Waals surface area (Å²) in [6.45, 7) is 0.857. The lowest BCUT2D eigenvalue weighted by Crippen LogP contribution is -2.45. The number of rotatable bonds is 8. The molecule has 0 aromatic heterocycles. The van der Waals surface area contributed by atoms with Crippen molar-refractivity contribution >= 4 is 11.7 Å². The van der Waals surface area contributed by atoms with Crippen LogP contribution in [0.1, 0.15) is 37.7 Å². The van der Waals surface area contributed by atoms with E-state index in [9.17, 15) is 25.1 Å². The van der Waals surface area contributed by atoms with Gasteiger partial charge in [0.15, 0.2) is 18.1 Å². The molecule has 5 atom stereocenters. The Balaban J connectivity index is 1.65. The van der Waals surface area contributed by atoms with Gasteiger partial charge >= 0.3 is 11.7 Å². The number of piperidine rings is 1. The van der Waals surface area contributed by atoms with E-state index in [4.69, 9.17) is 19.3 Å². The number of likely N-dealkylation sites (N-methyl/N-ethyl adjacent to an activating group) is 1. The number of nitro benzene ring substituents is 1. The zero-order chi connectivity index (χ0) is 22.5. The Bertz CT molecular complexity index is 790. The monoisotopic (exact) mass is 440 g/mol. The summed E-state index contributed by atoms with van der Waals surface area (Å²) in [5.74, 6) is -1.35. The molecule has 31 heavy (non-hydrogen) atoms. The van der Waals surface area contributed by atoms with Gasteiger partial charge < -0.3 is 29.5 Å². The van der Waals surface area contributed by atoms with Gasteiger partial charge in [0.25, 0.3) is 0 Å². The summed E-state index contributed by atoms with van der Waals surface area (Å²) in [5, 5.41) is 40.8. The quantitative estimate of drug-likeness (QED) is 0.306. The molecule has 1 aromatic rings. The lowest BCUT2D eigenvalue weighted by atomic mass is 10.0. The van der Waals surface area contributed by atoms with Gasteiger partial charge in [0, 0.05) is 18.9 Å². The smallest absolute Gasteiger partial charge is 0.333 e. The van der Waals surface area contributed by atoms with Crippen molar-refractivity contribution < 1.29 is 39.2 Å². The van der Waals surface area contributed by atoms with E-state index in [2.05, 4.69) is 0 Å². The molecule has 5 unspecified atom stereocenters. The minimum Gasteiger partial charge on any atom is -0.479 e. The topological polar surface area (TPSA) is 152 Å². The van der Waals surface area contributed by atoms with Gasteiger partial charge in [-0.25, -0.2) is 4.79 Å². The third-order valence-corrected chi connectivity index (χ3v) is 5.60. The van der Waals surface area contributed by atoms with Crippen molar-refractivity contribution in [3.63, 3.8) is 0 Å². The largest absolute Gasteiger partial charge is 0.479 e. The number of ether oxygens (including phenoxy) is 3. The van der Waals surface area contributed by atoms with E-state index in [0.29, 0.717) is 5.56 Å². The number of aliphatic hydroxyl groups is 2. The molecule has 2 aliphatic heterocycles. The highest BCUT2D eigenvalue weighted by Crippen LogP contribution is 2.32.